The molecule has 2 aliphatic rings. The molecule has 2 fully saturated rings. The number of ether oxygens (including phenoxy) is 2. The molecule has 1 aliphatic carbocycles. The van der Waals surface area contributed by atoms with Crippen molar-refractivity contribution in [2.75, 3.05) is 6.61 Å². The Bertz CT molecular complexity index is 494. The Labute approximate surface area is 118 Å². The van der Waals surface area contributed by atoms with Crippen LogP contribution in [0.3, 0.4) is 0 Å². The van der Waals surface area contributed by atoms with Gasteiger partial charge in [-0.05, 0) is 37.8 Å². The zero-order valence-electron chi connectivity index (χ0n) is 11.4. The molecule has 20 heavy (non-hydrogen) atoms. The van der Waals surface area contributed by atoms with E-state index in [1.165, 1.54) is 25.0 Å². The first-order chi connectivity index (χ1) is 9.69. The van der Waals surface area contributed by atoms with E-state index >= 15 is 0 Å². The van der Waals surface area contributed by atoms with Gasteiger partial charge >= 0.3 is 0 Å². The fourth-order valence-electron chi connectivity index (χ4n) is 3.32. The Kier molecular flexibility index (Phi) is 3.74. The molecule has 1 saturated carbocycles. The minimum Gasteiger partial charge on any atom is -0.491 e. The van der Waals surface area contributed by atoms with Gasteiger partial charge in [0.15, 0.2) is 0 Å². The van der Waals surface area contributed by atoms with Gasteiger partial charge in [-0.3, -0.25) is 4.79 Å². The first kappa shape index (κ1) is 13.6. The Morgan fingerprint density at radius 1 is 1.30 bits per heavy atom. The van der Waals surface area contributed by atoms with E-state index < -0.39 is 5.82 Å². The number of carbonyl (C=O) groups excluding carboxylic acids is 1. The van der Waals surface area contributed by atoms with E-state index in [-0.39, 0.29) is 11.7 Å². The van der Waals surface area contributed by atoms with Crippen LogP contribution in [0.5, 0.6) is 5.75 Å². The number of benzene rings is 1. The lowest BCUT2D eigenvalue weighted by molar-refractivity contribution is -0.0509. The molecular formula is C16H19FO3. The minimum atomic E-state index is -0.454. The number of aldehydes is 1. The first-order valence-electron chi connectivity index (χ1n) is 7.26. The highest BCUT2D eigenvalue weighted by Crippen LogP contribution is 2.43. The summed E-state index contributed by atoms with van der Waals surface area (Å²) in [5.74, 6) is -0.0627. The summed E-state index contributed by atoms with van der Waals surface area (Å²) in [6.07, 6.45) is 7.60. The molecule has 0 aromatic heterocycles. The van der Waals surface area contributed by atoms with Gasteiger partial charge in [0.25, 0.3) is 0 Å². The van der Waals surface area contributed by atoms with Crippen LogP contribution >= 0.6 is 0 Å². The Balaban J connectivity index is 1.57. The molecule has 1 spiro atoms. The lowest BCUT2D eigenvalue weighted by Gasteiger charge is -2.23. The summed E-state index contributed by atoms with van der Waals surface area (Å²) in [4.78, 5) is 10.7. The smallest absolute Gasteiger partial charge is 0.150 e. The number of carbonyl (C=O) groups is 1. The highest BCUT2D eigenvalue weighted by atomic mass is 19.1. The van der Waals surface area contributed by atoms with Crippen molar-refractivity contribution in [3.63, 3.8) is 0 Å². The summed E-state index contributed by atoms with van der Waals surface area (Å²) in [5, 5.41) is 0. The normalized spacial score (nSPS) is 24.1. The van der Waals surface area contributed by atoms with Gasteiger partial charge in [-0.25, -0.2) is 4.39 Å². The Morgan fingerprint density at radius 2 is 2.10 bits per heavy atom. The van der Waals surface area contributed by atoms with Crippen molar-refractivity contribution in [3.05, 3.63) is 29.6 Å². The van der Waals surface area contributed by atoms with Crippen molar-refractivity contribution >= 4 is 6.29 Å². The summed E-state index contributed by atoms with van der Waals surface area (Å²) in [6.45, 7) is 0.420. The standard InChI is InChI=1S/C16H19FO3/c17-13-7-12(10-18)8-15(9-13)19-11-14-3-6-16(20-14)4-1-2-5-16/h7-10,14H,1-6,11H2. The highest BCUT2D eigenvalue weighted by Gasteiger charge is 2.42. The van der Waals surface area contributed by atoms with Gasteiger partial charge in [0.05, 0.1) is 11.7 Å². The molecule has 1 aromatic rings. The van der Waals surface area contributed by atoms with Gasteiger partial charge in [0.1, 0.15) is 24.5 Å². The number of hydrogen-bond donors (Lipinski definition) is 0. The molecule has 0 bridgehead atoms. The fourth-order valence-corrected chi connectivity index (χ4v) is 3.32. The molecule has 1 aliphatic heterocycles. The number of rotatable bonds is 4. The third-order valence-corrected chi connectivity index (χ3v) is 4.32. The highest BCUT2D eigenvalue weighted by molar-refractivity contribution is 5.75. The maximum atomic E-state index is 13.3. The summed E-state index contributed by atoms with van der Waals surface area (Å²) < 4.78 is 25.0. The van der Waals surface area contributed by atoms with E-state index in [0.29, 0.717) is 24.2 Å². The first-order valence-corrected chi connectivity index (χ1v) is 7.26. The van der Waals surface area contributed by atoms with Crippen molar-refractivity contribution in [1.29, 1.82) is 0 Å². The van der Waals surface area contributed by atoms with Crippen LogP contribution in [0.15, 0.2) is 18.2 Å². The van der Waals surface area contributed by atoms with E-state index in [1.807, 2.05) is 0 Å². The van der Waals surface area contributed by atoms with Gasteiger partial charge in [0.2, 0.25) is 0 Å². The molecule has 1 saturated heterocycles. The number of halogens is 1. The van der Waals surface area contributed by atoms with Crippen LogP contribution in [0.1, 0.15) is 48.9 Å². The van der Waals surface area contributed by atoms with Crippen LogP contribution in [-0.2, 0) is 4.74 Å². The molecule has 108 valence electrons. The van der Waals surface area contributed by atoms with Crippen LogP contribution in [0, 0.1) is 5.82 Å². The quantitative estimate of drug-likeness (QED) is 0.791. The van der Waals surface area contributed by atoms with Crippen molar-refractivity contribution in [2.24, 2.45) is 0 Å². The predicted octanol–water partition coefficient (Wildman–Crippen LogP) is 3.51. The van der Waals surface area contributed by atoms with Gasteiger partial charge in [-0.2, -0.15) is 0 Å². The van der Waals surface area contributed by atoms with Gasteiger partial charge in [-0.1, -0.05) is 12.8 Å². The predicted molar refractivity (Wildman–Crippen MR) is 72.6 cm³/mol. The Hall–Kier alpha value is -1.42. The third kappa shape index (κ3) is 2.85. The second-order valence-electron chi connectivity index (χ2n) is 5.82. The molecule has 1 heterocycles. The monoisotopic (exact) mass is 278 g/mol. The van der Waals surface area contributed by atoms with Gasteiger partial charge in [-0.15, -0.1) is 0 Å². The zero-order chi connectivity index (χ0) is 14.0. The average Bonchev–Trinajstić information content (AvgIpc) is 3.07. The van der Waals surface area contributed by atoms with Gasteiger partial charge in [0, 0.05) is 11.6 Å². The second-order valence-corrected chi connectivity index (χ2v) is 5.82. The molecule has 4 heteroatoms. The maximum Gasteiger partial charge on any atom is 0.150 e. The van der Waals surface area contributed by atoms with Crippen LogP contribution in [0.25, 0.3) is 0 Å². The molecule has 1 atom stereocenters. The van der Waals surface area contributed by atoms with E-state index in [0.717, 1.165) is 25.7 Å². The molecule has 1 unspecified atom stereocenters. The largest absolute Gasteiger partial charge is 0.491 e. The molecule has 3 nitrogen and oxygen atoms in total. The van der Waals surface area contributed by atoms with Crippen LogP contribution < -0.4 is 4.74 Å². The summed E-state index contributed by atoms with van der Waals surface area (Å²) >= 11 is 0. The molecule has 0 N–H and O–H groups in total. The molecule has 0 radical (unpaired) electrons. The minimum absolute atomic E-state index is 0.0797. The molecule has 1 aromatic carbocycles. The fraction of sp³-hybridized carbons (Fsp3) is 0.562. The van der Waals surface area contributed by atoms with Crippen molar-refractivity contribution in [1.82, 2.24) is 0 Å². The van der Waals surface area contributed by atoms with E-state index in [2.05, 4.69) is 0 Å². The SMILES string of the molecule is O=Cc1cc(F)cc(OCC2CCC3(CCCC3)O2)c1. The number of hydrogen-bond acceptors (Lipinski definition) is 3. The second kappa shape index (κ2) is 5.52. The van der Waals surface area contributed by atoms with Crippen LogP contribution in [0.4, 0.5) is 4.39 Å². The average molecular weight is 278 g/mol. The summed E-state index contributed by atoms with van der Waals surface area (Å²) in [6, 6.07) is 4.04. The molecule has 3 rings (SSSR count). The zero-order valence-corrected chi connectivity index (χ0v) is 11.4. The lowest BCUT2D eigenvalue weighted by Crippen LogP contribution is -2.27. The van der Waals surface area contributed by atoms with Crippen molar-refractivity contribution in [2.45, 2.75) is 50.2 Å². The Morgan fingerprint density at radius 3 is 2.85 bits per heavy atom. The molecular weight excluding hydrogens is 259 g/mol. The summed E-state index contributed by atoms with van der Waals surface area (Å²) in [7, 11) is 0. The van der Waals surface area contributed by atoms with E-state index in [1.54, 1.807) is 6.07 Å². The van der Waals surface area contributed by atoms with Crippen molar-refractivity contribution < 1.29 is 18.7 Å². The van der Waals surface area contributed by atoms with E-state index in [4.69, 9.17) is 9.47 Å². The third-order valence-electron chi connectivity index (χ3n) is 4.32. The topological polar surface area (TPSA) is 35.5 Å². The summed E-state index contributed by atoms with van der Waals surface area (Å²) in [5.41, 5.74) is 0.379. The van der Waals surface area contributed by atoms with Crippen LogP contribution in [-0.4, -0.2) is 24.6 Å². The maximum absolute atomic E-state index is 13.3. The molecule has 0 amide bonds. The van der Waals surface area contributed by atoms with Crippen LogP contribution in [0.2, 0.25) is 0 Å². The van der Waals surface area contributed by atoms with E-state index in [9.17, 15) is 9.18 Å². The van der Waals surface area contributed by atoms with Crippen molar-refractivity contribution in [3.8, 4) is 5.75 Å². The van der Waals surface area contributed by atoms with Gasteiger partial charge < -0.3 is 9.47 Å². The lowest BCUT2D eigenvalue weighted by atomic mass is 9.98.